The second kappa shape index (κ2) is 7.13. The van der Waals surface area contributed by atoms with Gasteiger partial charge in [-0.15, -0.1) is 0 Å². The molecule has 1 rings (SSSR count). The van der Waals surface area contributed by atoms with Crippen LogP contribution in [0, 0.1) is 11.3 Å². The van der Waals surface area contributed by atoms with Crippen LogP contribution in [0.2, 0.25) is 0 Å². The number of nitriles is 1. The second-order valence-corrected chi connectivity index (χ2v) is 3.92. The molecule has 1 aromatic carbocycles. The number of anilines is 1. The number of likely N-dealkylation sites (N-methyl/N-ethyl adjacent to an activating group) is 1. The summed E-state index contributed by atoms with van der Waals surface area (Å²) in [5, 5.41) is 16.8. The van der Waals surface area contributed by atoms with E-state index >= 15 is 0 Å². The molecular formula is C13H16N4O2. The van der Waals surface area contributed by atoms with E-state index in [4.69, 9.17) is 5.26 Å². The largest absolute Gasteiger partial charge is 0.358 e. The van der Waals surface area contributed by atoms with E-state index in [1.165, 1.54) is 7.05 Å². The summed E-state index contributed by atoms with van der Waals surface area (Å²) in [5.74, 6) is -0.497. The minimum atomic E-state index is -0.538. The van der Waals surface area contributed by atoms with Gasteiger partial charge in [0.1, 0.15) is 6.07 Å². The Bertz CT molecular complexity index is 508. The fraction of sp³-hybridized carbons (Fsp3) is 0.308. The Morgan fingerprint density at radius 2 is 2.05 bits per heavy atom. The maximum Gasteiger partial charge on any atom is 0.241 e. The van der Waals surface area contributed by atoms with Gasteiger partial charge in [0.25, 0.3) is 0 Å². The topological polar surface area (TPSA) is 94.0 Å². The number of hydrogen-bond donors (Lipinski definition) is 3. The molecule has 0 aliphatic heterocycles. The smallest absolute Gasteiger partial charge is 0.241 e. The van der Waals surface area contributed by atoms with E-state index in [9.17, 15) is 9.59 Å². The van der Waals surface area contributed by atoms with Crippen molar-refractivity contribution in [1.82, 2.24) is 10.6 Å². The lowest BCUT2D eigenvalue weighted by Crippen LogP contribution is -2.43. The minimum Gasteiger partial charge on any atom is -0.358 e. The fourth-order valence-electron chi connectivity index (χ4n) is 1.36. The zero-order chi connectivity index (χ0) is 14.3. The van der Waals surface area contributed by atoms with Gasteiger partial charge >= 0.3 is 0 Å². The lowest BCUT2D eigenvalue weighted by molar-refractivity contribution is -0.120. The van der Waals surface area contributed by atoms with Crippen LogP contribution in [-0.4, -0.2) is 31.4 Å². The van der Waals surface area contributed by atoms with Gasteiger partial charge < -0.3 is 10.6 Å². The Balaban J connectivity index is 2.59. The van der Waals surface area contributed by atoms with Crippen molar-refractivity contribution in [2.75, 3.05) is 18.9 Å². The predicted molar refractivity (Wildman–Crippen MR) is 71.3 cm³/mol. The first-order valence-corrected chi connectivity index (χ1v) is 5.82. The highest BCUT2D eigenvalue weighted by Crippen LogP contribution is 2.13. The molecule has 0 heterocycles. The van der Waals surface area contributed by atoms with Crippen LogP contribution >= 0.6 is 0 Å². The highest BCUT2D eigenvalue weighted by atomic mass is 16.2. The second-order valence-electron chi connectivity index (χ2n) is 3.92. The normalized spacial score (nSPS) is 11.2. The summed E-state index contributed by atoms with van der Waals surface area (Å²) < 4.78 is 0. The summed E-state index contributed by atoms with van der Waals surface area (Å²) in [6, 6.07) is 8.20. The molecule has 0 fully saturated rings. The standard InChI is InChI=1S/C13H16N4O2/c1-9(16-8-12(18)15-2)13(19)17-11-6-4-3-5-10(11)7-14/h3-6,9,16H,8H2,1-2H3,(H,15,18)(H,17,19)/t9-/m1/s1. The summed E-state index contributed by atoms with van der Waals surface area (Å²) >= 11 is 0. The Labute approximate surface area is 111 Å². The van der Waals surface area contributed by atoms with Gasteiger partial charge in [0.2, 0.25) is 11.8 Å². The molecule has 0 radical (unpaired) electrons. The molecule has 1 atom stereocenters. The third-order valence-electron chi connectivity index (χ3n) is 2.55. The zero-order valence-corrected chi connectivity index (χ0v) is 10.9. The van der Waals surface area contributed by atoms with E-state index in [1.54, 1.807) is 31.2 Å². The van der Waals surface area contributed by atoms with Gasteiger partial charge in [-0.05, 0) is 19.1 Å². The number of carbonyl (C=O) groups excluding carboxylic acids is 2. The molecule has 0 unspecified atom stereocenters. The van der Waals surface area contributed by atoms with Crippen LogP contribution in [0.15, 0.2) is 24.3 Å². The molecule has 0 saturated heterocycles. The molecule has 0 aromatic heterocycles. The summed E-state index contributed by atoms with van der Waals surface area (Å²) in [7, 11) is 1.53. The van der Waals surface area contributed by atoms with Gasteiger partial charge in [0, 0.05) is 7.05 Å². The molecule has 3 N–H and O–H groups in total. The maximum atomic E-state index is 11.9. The van der Waals surface area contributed by atoms with Crippen molar-refractivity contribution in [3.63, 3.8) is 0 Å². The highest BCUT2D eigenvalue weighted by Gasteiger charge is 2.14. The quantitative estimate of drug-likeness (QED) is 0.706. The number of amides is 2. The molecule has 19 heavy (non-hydrogen) atoms. The van der Waals surface area contributed by atoms with Gasteiger partial charge in [0.05, 0.1) is 23.8 Å². The van der Waals surface area contributed by atoms with Gasteiger partial charge in [-0.25, -0.2) is 0 Å². The first kappa shape index (κ1) is 14.7. The van der Waals surface area contributed by atoms with Crippen molar-refractivity contribution in [2.45, 2.75) is 13.0 Å². The van der Waals surface area contributed by atoms with Gasteiger partial charge in [-0.3, -0.25) is 14.9 Å². The number of nitrogens with one attached hydrogen (secondary N) is 3. The average Bonchev–Trinajstić information content (AvgIpc) is 2.44. The van der Waals surface area contributed by atoms with Crippen LogP contribution in [0.5, 0.6) is 0 Å². The number of nitrogens with zero attached hydrogens (tertiary/aromatic N) is 1. The molecule has 0 saturated carbocycles. The number of hydrogen-bond acceptors (Lipinski definition) is 4. The minimum absolute atomic E-state index is 0.0605. The molecule has 100 valence electrons. The molecule has 0 bridgehead atoms. The number of benzene rings is 1. The van der Waals surface area contributed by atoms with Crippen molar-refractivity contribution in [2.24, 2.45) is 0 Å². The van der Waals surface area contributed by atoms with E-state index in [0.717, 1.165) is 0 Å². The summed E-state index contributed by atoms with van der Waals surface area (Å²) in [6.45, 7) is 1.71. The first-order chi connectivity index (χ1) is 9.08. The lowest BCUT2D eigenvalue weighted by Gasteiger charge is -2.14. The van der Waals surface area contributed by atoms with Gasteiger partial charge in [-0.1, -0.05) is 12.1 Å². The Hall–Kier alpha value is -2.39. The third kappa shape index (κ3) is 4.41. The molecule has 1 aromatic rings. The van der Waals surface area contributed by atoms with Crippen LogP contribution in [0.3, 0.4) is 0 Å². The molecule has 6 heteroatoms. The van der Waals surface area contributed by atoms with Gasteiger partial charge in [0.15, 0.2) is 0 Å². The van der Waals surface area contributed by atoms with E-state index in [1.807, 2.05) is 6.07 Å². The molecule has 0 aliphatic rings. The number of carbonyl (C=O) groups is 2. The third-order valence-corrected chi connectivity index (χ3v) is 2.55. The van der Waals surface area contributed by atoms with E-state index < -0.39 is 6.04 Å². The predicted octanol–water partition coefficient (Wildman–Crippen LogP) is 0.221. The monoisotopic (exact) mass is 260 g/mol. The SMILES string of the molecule is CNC(=O)CN[C@H](C)C(=O)Nc1ccccc1C#N. The van der Waals surface area contributed by atoms with Crippen LogP contribution in [0.4, 0.5) is 5.69 Å². The van der Waals surface area contributed by atoms with E-state index in [2.05, 4.69) is 16.0 Å². The van der Waals surface area contributed by atoms with Crippen LogP contribution in [-0.2, 0) is 9.59 Å². The molecule has 0 spiro atoms. The van der Waals surface area contributed by atoms with Crippen molar-refractivity contribution >= 4 is 17.5 Å². The fourth-order valence-corrected chi connectivity index (χ4v) is 1.36. The summed E-state index contributed by atoms with van der Waals surface area (Å²) in [6.07, 6.45) is 0. The van der Waals surface area contributed by atoms with E-state index in [-0.39, 0.29) is 18.4 Å². The van der Waals surface area contributed by atoms with Crippen molar-refractivity contribution in [3.8, 4) is 6.07 Å². The van der Waals surface area contributed by atoms with Crippen molar-refractivity contribution in [1.29, 1.82) is 5.26 Å². The molecule has 0 aliphatic carbocycles. The first-order valence-electron chi connectivity index (χ1n) is 5.82. The van der Waals surface area contributed by atoms with Crippen molar-refractivity contribution in [3.05, 3.63) is 29.8 Å². The molecular weight excluding hydrogens is 244 g/mol. The molecule has 2 amide bonds. The summed E-state index contributed by atoms with van der Waals surface area (Å²) in [4.78, 5) is 22.9. The van der Waals surface area contributed by atoms with Crippen LogP contribution < -0.4 is 16.0 Å². The van der Waals surface area contributed by atoms with E-state index in [0.29, 0.717) is 11.3 Å². The Morgan fingerprint density at radius 1 is 1.37 bits per heavy atom. The summed E-state index contributed by atoms with van der Waals surface area (Å²) in [5.41, 5.74) is 0.859. The highest BCUT2D eigenvalue weighted by molar-refractivity contribution is 5.96. The lowest BCUT2D eigenvalue weighted by atomic mass is 10.2. The van der Waals surface area contributed by atoms with Crippen molar-refractivity contribution < 1.29 is 9.59 Å². The van der Waals surface area contributed by atoms with Crippen LogP contribution in [0.25, 0.3) is 0 Å². The van der Waals surface area contributed by atoms with Gasteiger partial charge in [-0.2, -0.15) is 5.26 Å². The van der Waals surface area contributed by atoms with Crippen LogP contribution in [0.1, 0.15) is 12.5 Å². The average molecular weight is 260 g/mol. The maximum absolute atomic E-state index is 11.9. The zero-order valence-electron chi connectivity index (χ0n) is 10.9. The number of rotatable bonds is 5. The molecule has 6 nitrogen and oxygen atoms in total. The Kier molecular flexibility index (Phi) is 5.51. The Morgan fingerprint density at radius 3 is 2.68 bits per heavy atom. The number of para-hydroxylation sites is 1.